The molecule has 5 heteroatoms. The number of rotatable bonds is 4. The summed E-state index contributed by atoms with van der Waals surface area (Å²) in [6.07, 6.45) is 4.21. The van der Waals surface area contributed by atoms with Crippen molar-refractivity contribution in [3.05, 3.63) is 29.3 Å². The number of aromatic nitrogens is 1. The summed E-state index contributed by atoms with van der Waals surface area (Å²) in [4.78, 5) is 4.69. The summed E-state index contributed by atoms with van der Waals surface area (Å²) in [5, 5.41) is 1.12. The number of benzene rings is 1. The Morgan fingerprint density at radius 2 is 2.30 bits per heavy atom. The highest BCUT2D eigenvalue weighted by molar-refractivity contribution is 7.18. The lowest BCUT2D eigenvalue weighted by atomic mass is 9.87. The minimum atomic E-state index is -0.190. The van der Waals surface area contributed by atoms with Gasteiger partial charge in [-0.15, -0.1) is 11.3 Å². The third kappa shape index (κ3) is 2.72. The lowest BCUT2D eigenvalue weighted by Crippen LogP contribution is -2.55. The van der Waals surface area contributed by atoms with Gasteiger partial charge in [0.1, 0.15) is 0 Å². The van der Waals surface area contributed by atoms with E-state index >= 15 is 0 Å². The van der Waals surface area contributed by atoms with Crippen LogP contribution in [0.3, 0.4) is 0 Å². The number of hydrazine groups is 1. The smallest absolute Gasteiger partial charge is 0.0955 e. The molecule has 2 unspecified atom stereocenters. The molecular formula is C15H21N3OS. The van der Waals surface area contributed by atoms with Crippen LogP contribution in [0.1, 0.15) is 31.2 Å². The van der Waals surface area contributed by atoms with Crippen LogP contribution in [0.4, 0.5) is 0 Å². The van der Waals surface area contributed by atoms with Crippen molar-refractivity contribution >= 4 is 21.6 Å². The first-order valence-electron chi connectivity index (χ1n) is 7.16. The molecule has 0 radical (unpaired) electrons. The minimum Gasteiger partial charge on any atom is -0.374 e. The van der Waals surface area contributed by atoms with E-state index in [0.29, 0.717) is 0 Å². The van der Waals surface area contributed by atoms with Gasteiger partial charge < -0.3 is 4.74 Å². The van der Waals surface area contributed by atoms with Gasteiger partial charge in [-0.05, 0) is 38.3 Å². The van der Waals surface area contributed by atoms with Crippen LogP contribution in [0, 0.1) is 0 Å². The molecule has 108 valence electrons. The van der Waals surface area contributed by atoms with Gasteiger partial charge >= 0.3 is 0 Å². The monoisotopic (exact) mass is 291 g/mol. The summed E-state index contributed by atoms with van der Waals surface area (Å²) in [7, 11) is 0. The van der Waals surface area contributed by atoms with Crippen molar-refractivity contribution in [3.63, 3.8) is 0 Å². The van der Waals surface area contributed by atoms with Crippen LogP contribution in [0.15, 0.2) is 24.3 Å². The zero-order valence-electron chi connectivity index (χ0n) is 11.8. The first-order chi connectivity index (χ1) is 9.71. The molecule has 0 spiro atoms. The lowest BCUT2D eigenvalue weighted by molar-refractivity contribution is -0.0884. The van der Waals surface area contributed by atoms with E-state index < -0.39 is 0 Å². The van der Waals surface area contributed by atoms with E-state index in [1.807, 2.05) is 6.07 Å². The van der Waals surface area contributed by atoms with E-state index in [1.54, 1.807) is 11.3 Å². The van der Waals surface area contributed by atoms with Gasteiger partial charge in [0.15, 0.2) is 0 Å². The molecule has 4 nitrogen and oxygen atoms in total. The molecular weight excluding hydrogens is 270 g/mol. The summed E-state index contributed by atoms with van der Waals surface area (Å²) in [6, 6.07) is 8.34. The molecule has 0 amide bonds. The highest BCUT2D eigenvalue weighted by Gasteiger charge is 2.36. The predicted molar refractivity (Wildman–Crippen MR) is 82.6 cm³/mol. The number of ether oxygens (including phenoxy) is 1. The molecule has 0 bridgehead atoms. The van der Waals surface area contributed by atoms with E-state index in [9.17, 15) is 0 Å². The Hall–Kier alpha value is -1.01. The Balaban J connectivity index is 1.80. The maximum Gasteiger partial charge on any atom is 0.0955 e. The van der Waals surface area contributed by atoms with Crippen molar-refractivity contribution < 1.29 is 4.74 Å². The summed E-state index contributed by atoms with van der Waals surface area (Å²) in [6.45, 7) is 2.98. The second kappa shape index (κ2) is 5.77. The molecule has 1 aromatic carbocycles. The fraction of sp³-hybridized carbons (Fsp3) is 0.533. The van der Waals surface area contributed by atoms with Gasteiger partial charge in [0.25, 0.3) is 0 Å². The van der Waals surface area contributed by atoms with Crippen molar-refractivity contribution in [2.24, 2.45) is 5.84 Å². The molecule has 1 aliphatic heterocycles. The summed E-state index contributed by atoms with van der Waals surface area (Å²) >= 11 is 1.74. The summed E-state index contributed by atoms with van der Waals surface area (Å²) < 4.78 is 7.23. The molecule has 1 aromatic heterocycles. The van der Waals surface area contributed by atoms with Gasteiger partial charge in [-0.3, -0.25) is 11.3 Å². The third-order valence-corrected chi connectivity index (χ3v) is 5.21. The van der Waals surface area contributed by atoms with Gasteiger partial charge in [0, 0.05) is 13.0 Å². The second-order valence-corrected chi connectivity index (χ2v) is 6.73. The number of hydrogen-bond acceptors (Lipinski definition) is 5. The Morgan fingerprint density at radius 1 is 1.45 bits per heavy atom. The van der Waals surface area contributed by atoms with Crippen LogP contribution in [-0.2, 0) is 11.2 Å². The van der Waals surface area contributed by atoms with Crippen LogP contribution in [0.25, 0.3) is 10.2 Å². The Labute approximate surface area is 123 Å². The zero-order chi connectivity index (χ0) is 14.0. The summed E-state index contributed by atoms with van der Waals surface area (Å²) in [5.74, 6) is 5.78. The number of hydrogen-bond donors (Lipinski definition) is 2. The van der Waals surface area contributed by atoms with E-state index in [2.05, 4.69) is 30.5 Å². The van der Waals surface area contributed by atoms with E-state index in [0.717, 1.165) is 36.4 Å². The first kappa shape index (κ1) is 13.9. The molecule has 3 N–H and O–H groups in total. The number of nitrogens with two attached hydrogens (primary N) is 1. The van der Waals surface area contributed by atoms with Gasteiger partial charge in [-0.25, -0.2) is 4.98 Å². The Kier molecular flexibility index (Phi) is 4.03. The van der Waals surface area contributed by atoms with Crippen molar-refractivity contribution in [1.29, 1.82) is 0 Å². The van der Waals surface area contributed by atoms with Crippen LogP contribution < -0.4 is 11.3 Å². The predicted octanol–water partition coefficient (Wildman–Crippen LogP) is 2.63. The molecule has 2 atom stereocenters. The standard InChI is InChI=1S/C15H21N3OS/c1-15(8-4-5-9-19-15)13(18-16)10-14-17-11-6-2-3-7-12(11)20-14/h2-3,6-7,13,18H,4-5,8-10,16H2,1H3. The molecule has 20 heavy (non-hydrogen) atoms. The highest BCUT2D eigenvalue weighted by atomic mass is 32.1. The quantitative estimate of drug-likeness (QED) is 0.671. The van der Waals surface area contributed by atoms with Crippen LogP contribution in [0.2, 0.25) is 0 Å². The van der Waals surface area contributed by atoms with Crippen molar-refractivity contribution in [2.75, 3.05) is 6.61 Å². The number of fused-ring (bicyclic) bond motifs is 1. The fourth-order valence-electron chi connectivity index (χ4n) is 2.86. The van der Waals surface area contributed by atoms with Gasteiger partial charge in [-0.2, -0.15) is 0 Å². The summed E-state index contributed by atoms with van der Waals surface area (Å²) in [5.41, 5.74) is 3.82. The lowest BCUT2D eigenvalue weighted by Gasteiger charge is -2.40. The second-order valence-electron chi connectivity index (χ2n) is 5.62. The Morgan fingerprint density at radius 3 is 3.00 bits per heavy atom. The third-order valence-electron chi connectivity index (χ3n) is 4.15. The van der Waals surface area contributed by atoms with E-state index in [1.165, 1.54) is 11.1 Å². The molecule has 0 saturated carbocycles. The number of thiazole rings is 1. The van der Waals surface area contributed by atoms with Gasteiger partial charge in [0.2, 0.25) is 0 Å². The zero-order valence-corrected chi connectivity index (χ0v) is 12.6. The van der Waals surface area contributed by atoms with Crippen molar-refractivity contribution in [2.45, 2.75) is 44.2 Å². The van der Waals surface area contributed by atoms with E-state index in [-0.39, 0.29) is 11.6 Å². The van der Waals surface area contributed by atoms with Crippen LogP contribution in [0.5, 0.6) is 0 Å². The van der Waals surface area contributed by atoms with Gasteiger partial charge in [-0.1, -0.05) is 12.1 Å². The number of nitrogens with one attached hydrogen (secondary N) is 1. The fourth-order valence-corrected chi connectivity index (χ4v) is 3.88. The molecule has 1 fully saturated rings. The van der Waals surface area contributed by atoms with Crippen LogP contribution in [-0.4, -0.2) is 23.2 Å². The Bertz CT molecular complexity index is 544. The molecule has 2 aromatic rings. The molecule has 1 aliphatic rings. The largest absolute Gasteiger partial charge is 0.374 e. The maximum absolute atomic E-state index is 6.00. The first-order valence-corrected chi connectivity index (χ1v) is 7.97. The average molecular weight is 291 g/mol. The van der Waals surface area contributed by atoms with Gasteiger partial charge in [0.05, 0.1) is 26.9 Å². The highest BCUT2D eigenvalue weighted by Crippen LogP contribution is 2.31. The molecule has 0 aliphatic carbocycles. The molecule has 1 saturated heterocycles. The normalized spacial score (nSPS) is 24.9. The minimum absolute atomic E-state index is 0.100. The average Bonchev–Trinajstić information content (AvgIpc) is 2.88. The van der Waals surface area contributed by atoms with Crippen molar-refractivity contribution in [1.82, 2.24) is 10.4 Å². The topological polar surface area (TPSA) is 60.2 Å². The van der Waals surface area contributed by atoms with Crippen LogP contribution >= 0.6 is 11.3 Å². The maximum atomic E-state index is 6.00. The number of para-hydroxylation sites is 1. The van der Waals surface area contributed by atoms with E-state index in [4.69, 9.17) is 15.6 Å². The number of nitrogens with zero attached hydrogens (tertiary/aromatic N) is 1. The SMILES string of the molecule is CC1(C(Cc2nc3ccccc3s2)NN)CCCCO1. The molecule has 2 heterocycles. The van der Waals surface area contributed by atoms with Crippen molar-refractivity contribution in [3.8, 4) is 0 Å². The molecule has 3 rings (SSSR count).